The third kappa shape index (κ3) is 5.87. The molecule has 1 aromatic rings. The molecule has 4 aliphatic rings. The zero-order chi connectivity index (χ0) is 28.4. The Morgan fingerprint density at radius 2 is 1.65 bits per heavy atom. The number of fused-ring (bicyclic) bond motifs is 4. The molecule has 2 saturated heterocycles. The molecule has 2 aliphatic carbocycles. The molecule has 0 aromatic carbocycles. The summed E-state index contributed by atoms with van der Waals surface area (Å²) in [6, 6.07) is 1.46. The zero-order valence-electron chi connectivity index (χ0n) is 23.8. The largest absolute Gasteiger partial charge is 0.479 e. The van der Waals surface area contributed by atoms with Crippen LogP contribution in [-0.4, -0.2) is 61.9 Å². The van der Waals surface area contributed by atoms with Gasteiger partial charge in [-0.2, -0.15) is 0 Å². The summed E-state index contributed by atoms with van der Waals surface area (Å²) in [5.74, 6) is -0.541. The normalized spacial score (nSPS) is 31.1. The highest BCUT2D eigenvalue weighted by molar-refractivity contribution is 6.44. The van der Waals surface area contributed by atoms with Crippen LogP contribution in [0.5, 0.6) is 0 Å². The quantitative estimate of drug-likeness (QED) is 0.369. The van der Waals surface area contributed by atoms with Gasteiger partial charge in [-0.1, -0.05) is 43.3 Å². The van der Waals surface area contributed by atoms with E-state index in [9.17, 15) is 14.4 Å². The molecule has 2 saturated carbocycles. The smallest absolute Gasteiger partial charge is 0.344 e. The summed E-state index contributed by atoms with van der Waals surface area (Å²) in [6.45, 7) is 2.99. The van der Waals surface area contributed by atoms with Crippen molar-refractivity contribution < 1.29 is 19.5 Å². The second-order valence-electron chi connectivity index (χ2n) is 12.3. The SMILES string of the molecule is CC=Cc1nc(C(=NOCC(=O)O)C(N)=O)c(=O)n(C2CC3CCCC(C2)N3C2CC3CCCCC(C3)C2)c1C. The number of nitrogens with zero attached hydrogens (tertiary/aromatic N) is 4. The number of aromatic nitrogens is 2. The average molecular weight is 554 g/mol. The van der Waals surface area contributed by atoms with E-state index >= 15 is 0 Å². The maximum Gasteiger partial charge on any atom is 0.344 e. The summed E-state index contributed by atoms with van der Waals surface area (Å²) in [7, 11) is 0. The van der Waals surface area contributed by atoms with E-state index in [2.05, 4.69) is 15.0 Å². The highest BCUT2D eigenvalue weighted by atomic mass is 16.6. The van der Waals surface area contributed by atoms with E-state index in [1.54, 1.807) is 10.6 Å². The van der Waals surface area contributed by atoms with Crippen molar-refractivity contribution in [1.29, 1.82) is 0 Å². The molecule has 1 aromatic heterocycles. The first-order valence-corrected chi connectivity index (χ1v) is 15.0. The van der Waals surface area contributed by atoms with Crippen LogP contribution < -0.4 is 11.3 Å². The minimum Gasteiger partial charge on any atom is -0.479 e. The van der Waals surface area contributed by atoms with Gasteiger partial charge in [-0.25, -0.2) is 9.78 Å². The van der Waals surface area contributed by atoms with Crippen molar-refractivity contribution in [3.05, 3.63) is 33.5 Å². The van der Waals surface area contributed by atoms with Gasteiger partial charge in [0.1, 0.15) is 0 Å². The third-order valence-electron chi connectivity index (χ3n) is 9.66. The Labute approximate surface area is 235 Å². The summed E-state index contributed by atoms with van der Waals surface area (Å²) in [4.78, 5) is 49.3. The van der Waals surface area contributed by atoms with Gasteiger partial charge < -0.3 is 20.2 Å². The van der Waals surface area contributed by atoms with E-state index < -0.39 is 29.8 Å². The van der Waals surface area contributed by atoms with Crippen molar-refractivity contribution in [1.82, 2.24) is 14.5 Å². The van der Waals surface area contributed by atoms with Gasteiger partial charge in [-0.15, -0.1) is 0 Å². The number of carboxylic acid groups (broad SMARTS) is 1. The third-order valence-corrected chi connectivity index (χ3v) is 9.66. The average Bonchev–Trinajstić information content (AvgIpc) is 3.07. The Balaban J connectivity index is 1.48. The van der Waals surface area contributed by atoms with Crippen molar-refractivity contribution in [2.45, 2.75) is 115 Å². The van der Waals surface area contributed by atoms with E-state index in [4.69, 9.17) is 15.7 Å². The number of carboxylic acids is 1. The number of nitrogens with two attached hydrogens (primary N) is 1. The number of aliphatic carboxylic acids is 1. The van der Waals surface area contributed by atoms with Crippen LogP contribution >= 0.6 is 0 Å². The van der Waals surface area contributed by atoms with Crippen LogP contribution in [0.2, 0.25) is 0 Å². The summed E-state index contributed by atoms with van der Waals surface area (Å²) < 4.78 is 1.79. The summed E-state index contributed by atoms with van der Waals surface area (Å²) in [6.07, 6.45) is 18.4. The molecule has 1 amide bonds. The number of primary amides is 1. The Kier molecular flexibility index (Phi) is 8.73. The minimum atomic E-state index is -1.26. The van der Waals surface area contributed by atoms with Gasteiger partial charge in [0.25, 0.3) is 11.5 Å². The molecule has 4 fully saturated rings. The predicted octanol–water partition coefficient (Wildman–Crippen LogP) is 3.79. The number of amides is 1. The first-order valence-electron chi connectivity index (χ1n) is 15.0. The van der Waals surface area contributed by atoms with E-state index in [-0.39, 0.29) is 11.7 Å². The second kappa shape index (κ2) is 12.2. The van der Waals surface area contributed by atoms with Crippen LogP contribution in [0.4, 0.5) is 0 Å². The first-order chi connectivity index (χ1) is 19.3. The van der Waals surface area contributed by atoms with Crippen LogP contribution in [0.25, 0.3) is 6.08 Å². The number of carbonyl (C=O) groups excluding carboxylic acids is 1. The maximum absolute atomic E-state index is 14.0. The summed E-state index contributed by atoms with van der Waals surface area (Å²) in [5.41, 5.74) is 5.73. The van der Waals surface area contributed by atoms with Gasteiger partial charge in [0, 0.05) is 29.9 Å². The number of rotatable bonds is 8. The van der Waals surface area contributed by atoms with Crippen LogP contribution in [-0.2, 0) is 14.4 Å². The molecule has 4 unspecified atom stereocenters. The van der Waals surface area contributed by atoms with Crippen molar-refractivity contribution in [3.63, 3.8) is 0 Å². The molecule has 3 heterocycles. The molecule has 40 heavy (non-hydrogen) atoms. The Bertz CT molecular complexity index is 1210. The number of hydrogen-bond donors (Lipinski definition) is 2. The van der Waals surface area contributed by atoms with E-state index in [1.165, 1.54) is 51.4 Å². The lowest BCUT2D eigenvalue weighted by molar-refractivity contribution is -0.142. The first kappa shape index (κ1) is 28.5. The lowest BCUT2D eigenvalue weighted by Gasteiger charge is -2.54. The molecular weight excluding hydrogens is 510 g/mol. The van der Waals surface area contributed by atoms with Crippen molar-refractivity contribution >= 4 is 23.7 Å². The monoisotopic (exact) mass is 553 g/mol. The Hall–Kier alpha value is -3.01. The van der Waals surface area contributed by atoms with Gasteiger partial charge in [-0.05, 0) is 76.7 Å². The Morgan fingerprint density at radius 1 is 1.00 bits per heavy atom. The van der Waals surface area contributed by atoms with Gasteiger partial charge in [0.2, 0.25) is 6.61 Å². The van der Waals surface area contributed by atoms with Gasteiger partial charge >= 0.3 is 5.97 Å². The number of hydrogen-bond acceptors (Lipinski definition) is 7. The predicted molar refractivity (Wildman–Crippen MR) is 152 cm³/mol. The number of allylic oxidation sites excluding steroid dienone is 1. The van der Waals surface area contributed by atoms with Gasteiger partial charge in [-0.3, -0.25) is 14.5 Å². The summed E-state index contributed by atoms with van der Waals surface area (Å²) >= 11 is 0. The molecule has 3 N–H and O–H groups in total. The fourth-order valence-corrected chi connectivity index (χ4v) is 8.21. The number of oxime groups is 1. The topological polar surface area (TPSA) is 140 Å². The van der Waals surface area contributed by atoms with Crippen LogP contribution in [0, 0.1) is 18.8 Å². The molecule has 10 nitrogen and oxygen atoms in total. The fraction of sp³-hybridized carbons (Fsp3) is 0.700. The van der Waals surface area contributed by atoms with E-state index in [0.717, 1.165) is 43.2 Å². The number of carbonyl (C=O) groups is 2. The molecule has 218 valence electrons. The molecule has 2 aliphatic heterocycles. The Morgan fingerprint density at radius 3 is 2.23 bits per heavy atom. The molecule has 0 radical (unpaired) electrons. The van der Waals surface area contributed by atoms with Crippen molar-refractivity contribution in [2.75, 3.05) is 6.61 Å². The molecule has 5 rings (SSSR count). The summed E-state index contributed by atoms with van der Waals surface area (Å²) in [5, 5.41) is 12.5. The highest BCUT2D eigenvalue weighted by Gasteiger charge is 2.45. The standard InChI is InChI=1S/C30H43N5O5/c1-3-7-25-18(2)34(30(39)28(32-25)27(29(31)38)33-40-17-26(36)37)24-15-21-10-6-11-22(16-24)35(21)23-13-19-8-4-5-9-20(12-19)14-23/h3,7,19-24H,4-6,8-17H2,1-2H3,(H2,31,38)(H,36,37). The fourth-order valence-electron chi connectivity index (χ4n) is 8.21. The molecule has 4 atom stereocenters. The van der Waals surface area contributed by atoms with Crippen LogP contribution in [0.3, 0.4) is 0 Å². The number of piperidine rings is 2. The van der Waals surface area contributed by atoms with Gasteiger partial charge in [0.15, 0.2) is 11.4 Å². The van der Waals surface area contributed by atoms with Crippen molar-refractivity contribution in [3.8, 4) is 0 Å². The second-order valence-corrected chi connectivity index (χ2v) is 12.3. The van der Waals surface area contributed by atoms with E-state index in [0.29, 0.717) is 23.8 Å². The maximum atomic E-state index is 14.0. The molecular formula is C30H43N5O5. The molecule has 10 heteroatoms. The van der Waals surface area contributed by atoms with Crippen LogP contribution in [0.15, 0.2) is 16.0 Å². The highest BCUT2D eigenvalue weighted by Crippen LogP contribution is 2.46. The molecule has 0 spiro atoms. The van der Waals surface area contributed by atoms with E-state index in [1.807, 2.05) is 19.9 Å². The van der Waals surface area contributed by atoms with Gasteiger partial charge in [0.05, 0.1) is 5.69 Å². The zero-order valence-corrected chi connectivity index (χ0v) is 23.8. The molecule has 4 bridgehead atoms. The van der Waals surface area contributed by atoms with Crippen LogP contribution in [0.1, 0.15) is 107 Å². The minimum absolute atomic E-state index is 0.0373. The van der Waals surface area contributed by atoms with Crippen molar-refractivity contribution in [2.24, 2.45) is 22.7 Å². The lowest BCUT2D eigenvalue weighted by atomic mass is 9.73. The lowest BCUT2D eigenvalue weighted by Crippen LogP contribution is -2.58.